The van der Waals surface area contributed by atoms with Crippen molar-refractivity contribution in [2.75, 3.05) is 25.5 Å². The quantitative estimate of drug-likeness (QED) is 0.488. The summed E-state index contributed by atoms with van der Waals surface area (Å²) in [6, 6.07) is 14.8. The minimum atomic E-state index is -3.47. The molecule has 0 amide bonds. The number of sulfonamides is 1. The summed E-state index contributed by atoms with van der Waals surface area (Å²) in [4.78, 5) is 13.4. The Labute approximate surface area is 173 Å². The van der Waals surface area contributed by atoms with Crippen LogP contribution in [0.3, 0.4) is 0 Å². The zero-order chi connectivity index (χ0) is 20.3. The molecular weight excluding hydrogens is 406 g/mol. The van der Waals surface area contributed by atoms with Gasteiger partial charge in [0.2, 0.25) is 0 Å². The third kappa shape index (κ3) is 4.12. The molecule has 0 unspecified atom stereocenters. The van der Waals surface area contributed by atoms with Gasteiger partial charge in [-0.05, 0) is 35.7 Å². The van der Waals surface area contributed by atoms with E-state index in [0.717, 1.165) is 16.5 Å². The molecule has 9 heteroatoms. The summed E-state index contributed by atoms with van der Waals surface area (Å²) in [6.07, 6.45) is 3.42. The lowest BCUT2D eigenvalue weighted by Crippen LogP contribution is -2.31. The second kappa shape index (κ2) is 8.24. The van der Waals surface area contributed by atoms with E-state index in [1.54, 1.807) is 37.0 Å². The van der Waals surface area contributed by atoms with Crippen molar-refractivity contribution < 1.29 is 8.42 Å². The molecule has 0 bridgehead atoms. The second-order valence-corrected chi connectivity index (χ2v) is 9.56. The van der Waals surface area contributed by atoms with Crippen molar-refractivity contribution >= 4 is 38.1 Å². The van der Waals surface area contributed by atoms with Crippen LogP contribution in [0.1, 0.15) is 0 Å². The Morgan fingerprint density at radius 1 is 1.07 bits per heavy atom. The van der Waals surface area contributed by atoms with Crippen LogP contribution in [0.25, 0.3) is 22.3 Å². The van der Waals surface area contributed by atoms with Gasteiger partial charge in [-0.15, -0.1) is 11.3 Å². The maximum Gasteiger partial charge on any atom is 0.252 e. The number of rotatable bonds is 7. The molecule has 0 atom stereocenters. The fraction of sp³-hybridized carbons (Fsp3) is 0.150. The minimum Gasteiger partial charge on any atom is -0.368 e. The zero-order valence-corrected chi connectivity index (χ0v) is 17.3. The average Bonchev–Trinajstić information content (AvgIpc) is 3.30. The van der Waals surface area contributed by atoms with E-state index in [9.17, 15) is 8.42 Å². The monoisotopic (exact) mass is 425 g/mol. The van der Waals surface area contributed by atoms with Crippen molar-refractivity contribution in [3.8, 4) is 11.4 Å². The maximum atomic E-state index is 12.6. The van der Waals surface area contributed by atoms with Gasteiger partial charge in [0.1, 0.15) is 10.0 Å². The van der Waals surface area contributed by atoms with Gasteiger partial charge in [0.25, 0.3) is 10.0 Å². The van der Waals surface area contributed by atoms with E-state index >= 15 is 0 Å². The Balaban J connectivity index is 1.56. The van der Waals surface area contributed by atoms with E-state index in [-0.39, 0.29) is 0 Å². The zero-order valence-electron chi connectivity index (χ0n) is 15.7. The molecule has 3 aromatic heterocycles. The number of nitrogens with zero attached hydrogens (tertiary/aromatic N) is 4. The summed E-state index contributed by atoms with van der Waals surface area (Å²) in [5.41, 5.74) is 1.63. The molecule has 0 saturated carbocycles. The van der Waals surface area contributed by atoms with Gasteiger partial charge in [0.15, 0.2) is 5.82 Å². The molecule has 7 nitrogen and oxygen atoms in total. The predicted octanol–water partition coefficient (Wildman–Crippen LogP) is 3.49. The number of fused-ring (bicyclic) bond motifs is 1. The van der Waals surface area contributed by atoms with Crippen molar-refractivity contribution in [2.24, 2.45) is 0 Å². The molecule has 0 radical (unpaired) electrons. The first kappa shape index (κ1) is 19.4. The van der Waals surface area contributed by atoms with E-state index in [1.807, 2.05) is 36.4 Å². The summed E-state index contributed by atoms with van der Waals surface area (Å²) in [7, 11) is -1.89. The van der Waals surface area contributed by atoms with Crippen LogP contribution in [0, 0.1) is 0 Å². The number of nitrogens with one attached hydrogen (secondary N) is 1. The van der Waals surface area contributed by atoms with Crippen LogP contribution in [-0.4, -0.2) is 47.8 Å². The molecule has 0 aliphatic heterocycles. The van der Waals surface area contributed by atoms with E-state index in [2.05, 4.69) is 20.3 Å². The molecule has 0 saturated heterocycles. The van der Waals surface area contributed by atoms with E-state index in [1.165, 1.54) is 15.6 Å². The first-order chi connectivity index (χ1) is 14.1. The number of para-hydroxylation sites is 1. The number of likely N-dealkylation sites (N-methyl/N-ethyl adjacent to an activating group) is 1. The van der Waals surface area contributed by atoms with Gasteiger partial charge in [-0.25, -0.2) is 18.4 Å². The SMILES string of the molecule is CN(CCNc1nc(-c2cccnc2)nc2ccccc12)S(=O)(=O)c1cccs1. The molecule has 1 aromatic carbocycles. The van der Waals surface area contributed by atoms with Crippen molar-refractivity contribution in [1.29, 1.82) is 0 Å². The van der Waals surface area contributed by atoms with Crippen LogP contribution >= 0.6 is 11.3 Å². The van der Waals surface area contributed by atoms with Crippen LogP contribution in [0.5, 0.6) is 0 Å². The van der Waals surface area contributed by atoms with Crippen LogP contribution in [-0.2, 0) is 10.0 Å². The summed E-state index contributed by atoms with van der Waals surface area (Å²) in [5, 5.41) is 5.91. The molecule has 1 N–H and O–H groups in total. The molecule has 3 heterocycles. The molecular formula is C20H19N5O2S2. The Morgan fingerprint density at radius 2 is 1.93 bits per heavy atom. The van der Waals surface area contributed by atoms with Gasteiger partial charge < -0.3 is 5.32 Å². The smallest absolute Gasteiger partial charge is 0.252 e. The summed E-state index contributed by atoms with van der Waals surface area (Å²) >= 11 is 1.21. The third-order valence-electron chi connectivity index (χ3n) is 4.40. The highest BCUT2D eigenvalue weighted by atomic mass is 32.2. The van der Waals surface area contributed by atoms with Crippen LogP contribution in [0.2, 0.25) is 0 Å². The number of hydrogen-bond acceptors (Lipinski definition) is 7. The lowest BCUT2D eigenvalue weighted by atomic mass is 10.2. The van der Waals surface area contributed by atoms with Crippen molar-refractivity contribution in [3.05, 3.63) is 66.3 Å². The Kier molecular flexibility index (Phi) is 5.52. The molecule has 0 fully saturated rings. The van der Waals surface area contributed by atoms with Gasteiger partial charge in [-0.1, -0.05) is 18.2 Å². The van der Waals surface area contributed by atoms with E-state index < -0.39 is 10.0 Å². The topological polar surface area (TPSA) is 88.1 Å². The summed E-state index contributed by atoms with van der Waals surface area (Å²) in [5.74, 6) is 1.23. The molecule has 0 aliphatic rings. The number of anilines is 1. The van der Waals surface area contributed by atoms with Gasteiger partial charge in [0, 0.05) is 43.5 Å². The first-order valence-electron chi connectivity index (χ1n) is 8.96. The van der Waals surface area contributed by atoms with Gasteiger partial charge >= 0.3 is 0 Å². The Morgan fingerprint density at radius 3 is 2.69 bits per heavy atom. The van der Waals surface area contributed by atoms with E-state index in [0.29, 0.717) is 28.9 Å². The van der Waals surface area contributed by atoms with Crippen LogP contribution in [0.15, 0.2) is 70.5 Å². The fourth-order valence-corrected chi connectivity index (χ4v) is 5.22. The number of pyridine rings is 1. The average molecular weight is 426 g/mol. The second-order valence-electron chi connectivity index (χ2n) is 6.34. The fourth-order valence-electron chi connectivity index (χ4n) is 2.85. The predicted molar refractivity (Wildman–Crippen MR) is 115 cm³/mol. The summed E-state index contributed by atoms with van der Waals surface area (Å²) < 4.78 is 26.8. The highest BCUT2D eigenvalue weighted by molar-refractivity contribution is 7.91. The highest BCUT2D eigenvalue weighted by Gasteiger charge is 2.21. The number of aromatic nitrogens is 3. The summed E-state index contributed by atoms with van der Waals surface area (Å²) in [6.45, 7) is 0.718. The third-order valence-corrected chi connectivity index (χ3v) is 7.63. The molecule has 0 aliphatic carbocycles. The molecule has 29 heavy (non-hydrogen) atoms. The first-order valence-corrected chi connectivity index (χ1v) is 11.3. The normalized spacial score (nSPS) is 11.8. The number of benzene rings is 1. The molecule has 148 valence electrons. The lowest BCUT2D eigenvalue weighted by Gasteiger charge is -2.17. The lowest BCUT2D eigenvalue weighted by molar-refractivity contribution is 0.482. The molecule has 0 spiro atoms. The Bertz CT molecular complexity index is 1210. The van der Waals surface area contributed by atoms with E-state index in [4.69, 9.17) is 0 Å². The number of thiophene rings is 1. The molecule has 4 aromatic rings. The van der Waals surface area contributed by atoms with Gasteiger partial charge in [-0.3, -0.25) is 4.98 Å². The highest BCUT2D eigenvalue weighted by Crippen LogP contribution is 2.24. The van der Waals surface area contributed by atoms with Crippen molar-refractivity contribution in [1.82, 2.24) is 19.3 Å². The standard InChI is InChI=1S/C20H19N5O2S2/c1-25(29(26,27)18-9-5-13-28-18)12-11-22-20-16-7-2-3-8-17(16)23-19(24-20)15-6-4-10-21-14-15/h2-10,13-14H,11-12H2,1H3,(H,22,23,24). The van der Waals surface area contributed by atoms with Crippen molar-refractivity contribution in [3.63, 3.8) is 0 Å². The van der Waals surface area contributed by atoms with Gasteiger partial charge in [-0.2, -0.15) is 4.31 Å². The van der Waals surface area contributed by atoms with Gasteiger partial charge in [0.05, 0.1) is 5.52 Å². The Hall–Kier alpha value is -2.88. The van der Waals surface area contributed by atoms with Crippen LogP contribution < -0.4 is 5.32 Å². The van der Waals surface area contributed by atoms with Crippen LogP contribution in [0.4, 0.5) is 5.82 Å². The minimum absolute atomic E-state index is 0.306. The molecule has 4 rings (SSSR count). The number of hydrogen-bond donors (Lipinski definition) is 1. The largest absolute Gasteiger partial charge is 0.368 e. The van der Waals surface area contributed by atoms with Crippen molar-refractivity contribution in [2.45, 2.75) is 4.21 Å². The maximum absolute atomic E-state index is 12.6.